The summed E-state index contributed by atoms with van der Waals surface area (Å²) in [6.45, 7) is 4.66. The molecule has 0 unspecified atom stereocenters. The van der Waals surface area contributed by atoms with E-state index in [1.165, 1.54) is 12.1 Å². The Morgan fingerprint density at radius 3 is 2.52 bits per heavy atom. The third kappa shape index (κ3) is 3.53. The average molecular weight is 365 g/mol. The molecular weight excluding hydrogens is 345 g/mol. The molecule has 3 heterocycles. The first kappa shape index (κ1) is 17.2. The molecule has 4 rings (SSSR count). The normalized spacial score (nSPS) is 14.4. The Hall–Kier alpha value is -3.22. The van der Waals surface area contributed by atoms with Gasteiger partial charge in [0.1, 0.15) is 11.5 Å². The number of carbonyl (C=O) groups is 1. The number of aryl methyl sites for hydroxylation is 1. The third-order valence-corrected chi connectivity index (χ3v) is 4.87. The number of anilines is 1. The van der Waals surface area contributed by atoms with Gasteiger partial charge in [-0.15, -0.1) is 0 Å². The van der Waals surface area contributed by atoms with Crippen molar-refractivity contribution >= 4 is 11.6 Å². The van der Waals surface area contributed by atoms with E-state index in [0.717, 1.165) is 29.9 Å². The Labute approximate surface area is 156 Å². The number of aromatic nitrogens is 3. The van der Waals surface area contributed by atoms with Crippen molar-refractivity contribution in [2.45, 2.75) is 6.92 Å². The van der Waals surface area contributed by atoms with Crippen LogP contribution in [-0.4, -0.2) is 52.2 Å². The molecule has 0 spiro atoms. The van der Waals surface area contributed by atoms with Crippen molar-refractivity contribution in [3.8, 4) is 11.3 Å². The summed E-state index contributed by atoms with van der Waals surface area (Å²) in [6, 6.07) is 10.2. The lowest BCUT2D eigenvalue weighted by molar-refractivity contribution is 0.0741. The molecule has 138 valence electrons. The van der Waals surface area contributed by atoms with E-state index in [2.05, 4.69) is 20.1 Å². The number of piperazine rings is 1. The van der Waals surface area contributed by atoms with Crippen molar-refractivity contribution in [1.82, 2.24) is 20.1 Å². The van der Waals surface area contributed by atoms with Crippen LogP contribution >= 0.6 is 0 Å². The molecule has 7 heteroatoms. The Bertz CT molecular complexity index is 948. The summed E-state index contributed by atoms with van der Waals surface area (Å²) in [5.41, 5.74) is 3.81. The maximum absolute atomic E-state index is 13.3. The summed E-state index contributed by atoms with van der Waals surface area (Å²) in [5, 5.41) is 7.07. The molecule has 2 aromatic heterocycles. The maximum Gasteiger partial charge on any atom is 0.272 e. The second-order valence-electron chi connectivity index (χ2n) is 6.61. The van der Waals surface area contributed by atoms with Crippen molar-refractivity contribution in [2.24, 2.45) is 0 Å². The Morgan fingerprint density at radius 2 is 1.81 bits per heavy atom. The topological polar surface area (TPSA) is 65.1 Å². The molecule has 1 aromatic carbocycles. The molecule has 0 atom stereocenters. The number of benzene rings is 1. The van der Waals surface area contributed by atoms with Gasteiger partial charge in [0, 0.05) is 49.8 Å². The molecule has 0 radical (unpaired) electrons. The van der Waals surface area contributed by atoms with Crippen LogP contribution in [-0.2, 0) is 0 Å². The number of halogens is 1. The fourth-order valence-electron chi connectivity index (χ4n) is 3.38. The number of carbonyl (C=O) groups excluding carboxylic acids is 1. The molecule has 1 aliphatic heterocycles. The molecule has 1 aliphatic rings. The van der Waals surface area contributed by atoms with Gasteiger partial charge in [-0.25, -0.2) is 4.39 Å². The van der Waals surface area contributed by atoms with Gasteiger partial charge in [0.25, 0.3) is 5.91 Å². The SMILES string of the molecule is Cc1cc(F)ccc1-c1cc(C(=O)N2CCN(c3ccncc3)CC2)[nH]n1. The Morgan fingerprint density at radius 1 is 1.07 bits per heavy atom. The predicted octanol–water partition coefficient (Wildman–Crippen LogP) is 2.88. The van der Waals surface area contributed by atoms with Gasteiger partial charge >= 0.3 is 0 Å². The van der Waals surface area contributed by atoms with Gasteiger partial charge < -0.3 is 9.80 Å². The zero-order chi connectivity index (χ0) is 18.8. The molecule has 0 aliphatic carbocycles. The van der Waals surface area contributed by atoms with Gasteiger partial charge in [0.2, 0.25) is 0 Å². The number of rotatable bonds is 3. The van der Waals surface area contributed by atoms with Crippen molar-refractivity contribution in [1.29, 1.82) is 0 Å². The van der Waals surface area contributed by atoms with Crippen molar-refractivity contribution in [2.75, 3.05) is 31.1 Å². The van der Waals surface area contributed by atoms with Gasteiger partial charge in [-0.1, -0.05) is 0 Å². The molecule has 0 saturated carbocycles. The first-order valence-electron chi connectivity index (χ1n) is 8.88. The molecule has 27 heavy (non-hydrogen) atoms. The standard InChI is InChI=1S/C20H20FN5O/c1-14-12-15(21)2-3-17(14)18-13-19(24-23-18)20(27)26-10-8-25(9-11-26)16-4-6-22-7-5-16/h2-7,12-13H,8-11H2,1H3,(H,23,24). The first-order chi connectivity index (χ1) is 13.1. The van der Waals surface area contributed by atoms with E-state index >= 15 is 0 Å². The molecule has 0 bridgehead atoms. The molecule has 1 fully saturated rings. The smallest absolute Gasteiger partial charge is 0.272 e. The number of hydrogen-bond donors (Lipinski definition) is 1. The van der Waals surface area contributed by atoms with Gasteiger partial charge in [0.15, 0.2) is 0 Å². The van der Waals surface area contributed by atoms with Crippen LogP contribution in [0.2, 0.25) is 0 Å². The van der Waals surface area contributed by atoms with Crippen molar-refractivity contribution < 1.29 is 9.18 Å². The third-order valence-electron chi connectivity index (χ3n) is 4.87. The van der Waals surface area contributed by atoms with E-state index in [1.807, 2.05) is 24.0 Å². The van der Waals surface area contributed by atoms with E-state index in [-0.39, 0.29) is 11.7 Å². The number of H-pyrrole nitrogens is 1. The molecule has 1 N–H and O–H groups in total. The van der Waals surface area contributed by atoms with E-state index in [0.29, 0.717) is 24.5 Å². The summed E-state index contributed by atoms with van der Waals surface area (Å²) in [6.07, 6.45) is 3.55. The van der Waals surface area contributed by atoms with Crippen LogP contribution in [0, 0.1) is 12.7 Å². The van der Waals surface area contributed by atoms with Crippen LogP contribution in [0.15, 0.2) is 48.8 Å². The van der Waals surface area contributed by atoms with Crippen LogP contribution in [0.4, 0.5) is 10.1 Å². The summed E-state index contributed by atoms with van der Waals surface area (Å²) in [7, 11) is 0. The first-order valence-corrected chi connectivity index (χ1v) is 8.88. The average Bonchev–Trinajstić information content (AvgIpc) is 3.18. The summed E-state index contributed by atoms with van der Waals surface area (Å²) < 4.78 is 13.3. The number of aromatic amines is 1. The van der Waals surface area contributed by atoms with E-state index in [9.17, 15) is 9.18 Å². The monoisotopic (exact) mass is 365 g/mol. The van der Waals surface area contributed by atoms with Crippen molar-refractivity contribution in [3.05, 3.63) is 65.9 Å². The largest absolute Gasteiger partial charge is 0.368 e. The molecule has 1 amide bonds. The Balaban J connectivity index is 1.44. The molecule has 6 nitrogen and oxygen atoms in total. The second kappa shape index (κ2) is 7.19. The highest BCUT2D eigenvalue weighted by atomic mass is 19.1. The fourth-order valence-corrected chi connectivity index (χ4v) is 3.38. The Kier molecular flexibility index (Phi) is 4.58. The fraction of sp³-hybridized carbons (Fsp3) is 0.250. The molecule has 3 aromatic rings. The highest BCUT2D eigenvalue weighted by Crippen LogP contribution is 2.23. The van der Waals surface area contributed by atoms with Crippen LogP contribution in [0.5, 0.6) is 0 Å². The predicted molar refractivity (Wildman–Crippen MR) is 101 cm³/mol. The lowest BCUT2D eigenvalue weighted by Crippen LogP contribution is -2.48. The van der Waals surface area contributed by atoms with E-state index in [1.54, 1.807) is 24.5 Å². The number of nitrogens with one attached hydrogen (secondary N) is 1. The zero-order valence-electron chi connectivity index (χ0n) is 15.0. The van der Waals surface area contributed by atoms with E-state index in [4.69, 9.17) is 0 Å². The number of amides is 1. The van der Waals surface area contributed by atoms with Crippen LogP contribution in [0.1, 0.15) is 16.1 Å². The lowest BCUT2D eigenvalue weighted by Gasteiger charge is -2.35. The second-order valence-corrected chi connectivity index (χ2v) is 6.61. The van der Waals surface area contributed by atoms with Crippen LogP contribution < -0.4 is 4.90 Å². The van der Waals surface area contributed by atoms with Gasteiger partial charge in [-0.2, -0.15) is 5.10 Å². The highest BCUT2D eigenvalue weighted by molar-refractivity contribution is 5.93. The summed E-state index contributed by atoms with van der Waals surface area (Å²) >= 11 is 0. The van der Waals surface area contributed by atoms with Gasteiger partial charge in [0.05, 0.1) is 5.69 Å². The van der Waals surface area contributed by atoms with Gasteiger partial charge in [-0.05, 0) is 48.9 Å². The maximum atomic E-state index is 13.3. The molecular formula is C20H20FN5O. The number of pyridine rings is 1. The van der Waals surface area contributed by atoms with Gasteiger partial charge in [-0.3, -0.25) is 14.9 Å². The summed E-state index contributed by atoms with van der Waals surface area (Å²) in [4.78, 5) is 20.9. The van der Waals surface area contributed by atoms with Crippen LogP contribution in [0.25, 0.3) is 11.3 Å². The highest BCUT2D eigenvalue weighted by Gasteiger charge is 2.24. The minimum Gasteiger partial charge on any atom is -0.368 e. The minimum atomic E-state index is -0.282. The lowest BCUT2D eigenvalue weighted by atomic mass is 10.1. The van der Waals surface area contributed by atoms with Crippen molar-refractivity contribution in [3.63, 3.8) is 0 Å². The molecule has 1 saturated heterocycles. The number of hydrogen-bond acceptors (Lipinski definition) is 4. The summed E-state index contributed by atoms with van der Waals surface area (Å²) in [5.74, 6) is -0.349. The zero-order valence-corrected chi connectivity index (χ0v) is 15.0. The van der Waals surface area contributed by atoms with E-state index < -0.39 is 0 Å². The minimum absolute atomic E-state index is 0.0668. The van der Waals surface area contributed by atoms with Crippen LogP contribution in [0.3, 0.4) is 0 Å². The number of nitrogens with zero attached hydrogens (tertiary/aromatic N) is 4. The quantitative estimate of drug-likeness (QED) is 0.775.